The van der Waals surface area contributed by atoms with E-state index >= 15 is 0 Å². The van der Waals surface area contributed by atoms with Gasteiger partial charge in [-0.15, -0.1) is 0 Å². The van der Waals surface area contributed by atoms with E-state index < -0.39 is 14.7 Å². The summed E-state index contributed by atoms with van der Waals surface area (Å²) in [6.07, 6.45) is 0. The fourth-order valence-corrected chi connectivity index (χ4v) is 17.5. The molecule has 6 nitrogen and oxygen atoms in total. The van der Waals surface area contributed by atoms with Gasteiger partial charge in [0.05, 0.1) is 64.6 Å². The van der Waals surface area contributed by atoms with E-state index in [0.717, 1.165) is 56.1 Å². The van der Waals surface area contributed by atoms with Crippen molar-refractivity contribution in [3.05, 3.63) is 206 Å². The Balaban J connectivity index is 1.32. The number of benzene rings is 10. The maximum absolute atomic E-state index is 7.01. The Morgan fingerprint density at radius 3 is 0.909 bits per heavy atom. The lowest BCUT2D eigenvalue weighted by Crippen LogP contribution is -2.08. The number of para-hydroxylation sites is 4. The first-order valence-electron chi connectivity index (χ1n) is 22.4. The minimum absolute atomic E-state index is 0.932. The van der Waals surface area contributed by atoms with Crippen molar-refractivity contribution in [2.24, 2.45) is 0 Å². The summed E-state index contributed by atoms with van der Waals surface area (Å²) in [7, 11) is -2.18. The van der Waals surface area contributed by atoms with Crippen LogP contribution in [0.2, 0.25) is 0 Å². The lowest BCUT2D eigenvalue weighted by molar-refractivity contribution is 0.663. The largest absolute Gasteiger partial charge is 0.455 e. The lowest BCUT2D eigenvalue weighted by atomic mass is 10.0. The van der Waals surface area contributed by atoms with Crippen LogP contribution >= 0.6 is 14.7 Å². The van der Waals surface area contributed by atoms with Crippen LogP contribution in [0.4, 0.5) is 0 Å². The molecule has 0 saturated carbocycles. The second kappa shape index (κ2) is 12.8. The normalized spacial score (nSPS) is 13.1. The van der Waals surface area contributed by atoms with Crippen LogP contribution in [0, 0.1) is 0 Å². The van der Waals surface area contributed by atoms with Crippen molar-refractivity contribution in [2.75, 3.05) is 0 Å². The topological polar surface area (TPSA) is 46.0 Å². The number of nitrogens with zero attached hydrogens (tertiary/aromatic N) is 4. The third-order valence-electron chi connectivity index (χ3n) is 13.9. The average Bonchev–Trinajstić information content (AvgIpc) is 3.37. The maximum Gasteiger partial charge on any atom is 0.141 e. The highest BCUT2D eigenvalue weighted by molar-refractivity contribution is 7.64. The third kappa shape index (κ3) is 4.38. The SMILES string of the molecule is c1ccc(-n2c3cccc4oc5cccc6c5p(c43)c3c2cc2cc4c5c(c2c3n6-c2ccccc2)n(-c2ccccc2)c2cccc3oc6cccc(c6p5c32)n4-c2ccccc2)cc1. The minimum Gasteiger partial charge on any atom is -0.455 e. The van der Waals surface area contributed by atoms with Crippen LogP contribution < -0.4 is 0 Å². The molecule has 0 saturated heterocycles. The van der Waals surface area contributed by atoms with Crippen molar-refractivity contribution in [2.45, 2.75) is 0 Å². The van der Waals surface area contributed by atoms with Crippen LogP contribution in [0.25, 0.3) is 131 Å². The number of aromatic nitrogens is 4. The van der Waals surface area contributed by atoms with Crippen LogP contribution in [0.5, 0.6) is 0 Å². The number of hydrogen-bond acceptors (Lipinski definition) is 2. The Morgan fingerprint density at radius 1 is 0.273 bits per heavy atom. The van der Waals surface area contributed by atoms with Gasteiger partial charge < -0.3 is 27.1 Å². The monoisotopic (exact) mass is 880 g/mol. The Bertz CT molecular complexity index is 4330. The summed E-state index contributed by atoms with van der Waals surface area (Å²) in [4.78, 5) is 0. The Labute approximate surface area is 377 Å². The Kier molecular flexibility index (Phi) is 6.82. The molecular formula is C58H34N4O2P2. The molecule has 0 fully saturated rings. The molecule has 0 radical (unpaired) electrons. The van der Waals surface area contributed by atoms with Crippen molar-refractivity contribution in [3.8, 4) is 22.7 Å². The quantitative estimate of drug-likeness (QED) is 0.131. The molecule has 16 aromatic rings. The molecule has 0 aliphatic heterocycles. The highest BCUT2D eigenvalue weighted by Crippen LogP contribution is 2.61. The zero-order valence-electron chi connectivity index (χ0n) is 35.1. The molecule has 10 aromatic carbocycles. The number of rotatable bonds is 4. The zero-order valence-corrected chi connectivity index (χ0v) is 36.9. The number of hydrogen-bond donors (Lipinski definition) is 0. The van der Waals surface area contributed by atoms with Crippen LogP contribution in [0.3, 0.4) is 0 Å². The van der Waals surface area contributed by atoms with E-state index in [-0.39, 0.29) is 0 Å². The molecule has 0 amide bonds. The molecular weight excluding hydrogens is 847 g/mol. The van der Waals surface area contributed by atoms with Gasteiger partial charge in [0.2, 0.25) is 0 Å². The van der Waals surface area contributed by atoms with Gasteiger partial charge in [-0.2, -0.15) is 0 Å². The molecule has 2 unspecified atom stereocenters. The first-order valence-corrected chi connectivity index (χ1v) is 25.0. The van der Waals surface area contributed by atoms with Crippen molar-refractivity contribution in [1.29, 1.82) is 0 Å². The van der Waals surface area contributed by atoms with Crippen LogP contribution in [0.1, 0.15) is 0 Å². The van der Waals surface area contributed by atoms with Crippen molar-refractivity contribution >= 4 is 123 Å². The minimum atomic E-state index is -1.09. The third-order valence-corrected chi connectivity index (χ3v) is 19.3. The summed E-state index contributed by atoms with van der Waals surface area (Å²) in [5, 5.41) is 10.1. The van der Waals surface area contributed by atoms with Gasteiger partial charge in [-0.1, -0.05) is 112 Å². The highest BCUT2D eigenvalue weighted by atomic mass is 31.1. The van der Waals surface area contributed by atoms with E-state index in [1.807, 2.05) is 0 Å². The van der Waals surface area contributed by atoms with Gasteiger partial charge in [-0.05, 0) is 115 Å². The van der Waals surface area contributed by atoms with E-state index in [4.69, 9.17) is 8.83 Å². The van der Waals surface area contributed by atoms with Gasteiger partial charge in [0.25, 0.3) is 0 Å². The zero-order chi connectivity index (χ0) is 42.8. The molecule has 0 bridgehead atoms. The van der Waals surface area contributed by atoms with Gasteiger partial charge >= 0.3 is 0 Å². The van der Waals surface area contributed by atoms with Gasteiger partial charge in [-0.3, -0.25) is 0 Å². The molecule has 0 N–H and O–H groups in total. The van der Waals surface area contributed by atoms with E-state index in [1.165, 1.54) is 74.6 Å². The first kappa shape index (κ1) is 35.2. The standard InChI is InChI=1S/C58H34N4O2P2/c1-5-17-36(18-6-1)59-40-25-13-29-46-53(40)65-55-42(27-15-31-48(55)63-46)61(38-21-9-3-10-22-38)51-50-35(33-44(59)57(51)65)34-45-58-52(50)62(39-23-11-4-12-24-39)43-28-16-32-49-56(43)66(58)54-41(26-14-30-47(54)64-49)60(45)37-19-7-2-8-20-37/h1-34H. The molecule has 66 heavy (non-hydrogen) atoms. The molecule has 6 heterocycles. The number of fused-ring (bicyclic) bond motifs is 3. The van der Waals surface area contributed by atoms with Crippen LogP contribution in [-0.4, -0.2) is 18.3 Å². The summed E-state index contributed by atoms with van der Waals surface area (Å²) in [6.45, 7) is 0. The van der Waals surface area contributed by atoms with Gasteiger partial charge in [0.1, 0.15) is 22.3 Å². The molecule has 6 aromatic heterocycles. The predicted octanol–water partition coefficient (Wildman–Crippen LogP) is 17.3. The van der Waals surface area contributed by atoms with E-state index in [9.17, 15) is 0 Å². The average molecular weight is 881 g/mol. The van der Waals surface area contributed by atoms with Crippen molar-refractivity contribution < 1.29 is 8.83 Å². The second-order valence-electron chi connectivity index (χ2n) is 17.3. The fourth-order valence-electron chi connectivity index (χ4n) is 11.5. The Hall–Kier alpha value is -8.14. The summed E-state index contributed by atoms with van der Waals surface area (Å²) < 4.78 is 24.1. The smallest absolute Gasteiger partial charge is 0.141 e. The highest BCUT2D eigenvalue weighted by Gasteiger charge is 2.30. The van der Waals surface area contributed by atoms with Gasteiger partial charge in [0, 0.05) is 38.4 Å². The predicted molar refractivity (Wildman–Crippen MR) is 277 cm³/mol. The Morgan fingerprint density at radius 2 is 0.576 bits per heavy atom. The van der Waals surface area contributed by atoms with Crippen LogP contribution in [0.15, 0.2) is 215 Å². The molecule has 308 valence electrons. The molecule has 0 aliphatic carbocycles. The summed E-state index contributed by atoms with van der Waals surface area (Å²) in [5.74, 6) is 0. The van der Waals surface area contributed by atoms with Crippen LogP contribution in [-0.2, 0) is 0 Å². The fraction of sp³-hybridized carbons (Fsp3) is 0. The van der Waals surface area contributed by atoms with Crippen molar-refractivity contribution in [1.82, 2.24) is 18.3 Å². The second-order valence-corrected chi connectivity index (χ2v) is 21.4. The summed E-state index contributed by atoms with van der Waals surface area (Å²) >= 11 is 0. The van der Waals surface area contributed by atoms with E-state index in [0.29, 0.717) is 0 Å². The molecule has 0 spiro atoms. The summed E-state index contributed by atoms with van der Waals surface area (Å²) in [6, 6.07) is 75.4. The molecule has 8 heteroatoms. The first-order chi connectivity index (χ1) is 32.8. The molecule has 2 atom stereocenters. The van der Waals surface area contributed by atoms with Gasteiger partial charge in [-0.25, -0.2) is 0 Å². The van der Waals surface area contributed by atoms with E-state index in [1.54, 1.807) is 0 Å². The van der Waals surface area contributed by atoms with Gasteiger partial charge in [0.15, 0.2) is 0 Å². The molecule has 16 rings (SSSR count). The molecule has 0 aliphatic rings. The lowest BCUT2D eigenvalue weighted by Gasteiger charge is -2.29. The maximum atomic E-state index is 7.01. The summed E-state index contributed by atoms with van der Waals surface area (Å²) in [5.41, 5.74) is 17.7. The van der Waals surface area contributed by atoms with Crippen molar-refractivity contribution in [3.63, 3.8) is 0 Å². The van der Waals surface area contributed by atoms with E-state index in [2.05, 4.69) is 225 Å².